The minimum atomic E-state index is 0.0123. The van der Waals surface area contributed by atoms with Gasteiger partial charge in [-0.1, -0.05) is 12.1 Å². The zero-order valence-corrected chi connectivity index (χ0v) is 16.9. The van der Waals surface area contributed by atoms with Crippen LogP contribution < -0.4 is 16.4 Å². The summed E-state index contributed by atoms with van der Waals surface area (Å²) >= 11 is 0. The fraction of sp³-hybridized carbons (Fsp3) is 0.261. The number of nitrogens with zero attached hydrogens (tertiary/aromatic N) is 3. The van der Waals surface area contributed by atoms with Crippen LogP contribution in [0.15, 0.2) is 47.3 Å². The Morgan fingerprint density at radius 2 is 2.00 bits per heavy atom. The second-order valence-corrected chi connectivity index (χ2v) is 8.20. The van der Waals surface area contributed by atoms with E-state index in [1.165, 1.54) is 0 Å². The van der Waals surface area contributed by atoms with E-state index in [1.807, 2.05) is 30.5 Å². The SMILES string of the molecule is Nc1ncc(-c2cnn(C3CCNCC3)c2)c2cc(-c3ccc4c(c3)NC(=O)C4)oc12. The topological polar surface area (TPSA) is 111 Å². The third kappa shape index (κ3) is 3.07. The number of amides is 1. The normalized spacial score (nSPS) is 16.6. The predicted molar refractivity (Wildman–Crippen MR) is 119 cm³/mol. The van der Waals surface area contributed by atoms with E-state index in [9.17, 15) is 4.79 Å². The number of pyridine rings is 1. The maximum Gasteiger partial charge on any atom is 0.228 e. The summed E-state index contributed by atoms with van der Waals surface area (Å²) in [5, 5.41) is 11.8. The zero-order chi connectivity index (χ0) is 20.9. The van der Waals surface area contributed by atoms with Crippen molar-refractivity contribution < 1.29 is 9.21 Å². The van der Waals surface area contributed by atoms with Gasteiger partial charge in [-0.3, -0.25) is 9.48 Å². The van der Waals surface area contributed by atoms with Gasteiger partial charge in [0.05, 0.1) is 18.7 Å². The molecule has 1 amide bonds. The molecule has 0 aliphatic carbocycles. The number of nitrogens with two attached hydrogens (primary N) is 1. The van der Waals surface area contributed by atoms with Crippen LogP contribution in [0.5, 0.6) is 0 Å². The molecular formula is C23H22N6O2. The second kappa shape index (κ2) is 6.95. The number of aromatic nitrogens is 3. The highest BCUT2D eigenvalue weighted by atomic mass is 16.3. The molecule has 4 N–H and O–H groups in total. The van der Waals surface area contributed by atoms with E-state index in [1.54, 1.807) is 6.20 Å². The van der Waals surface area contributed by atoms with E-state index in [4.69, 9.17) is 10.2 Å². The van der Waals surface area contributed by atoms with E-state index < -0.39 is 0 Å². The first-order valence-corrected chi connectivity index (χ1v) is 10.5. The summed E-state index contributed by atoms with van der Waals surface area (Å²) in [6.07, 6.45) is 8.30. The molecule has 0 spiro atoms. The first-order chi connectivity index (χ1) is 15.2. The fourth-order valence-electron chi connectivity index (χ4n) is 4.53. The van der Waals surface area contributed by atoms with Crippen molar-refractivity contribution in [2.75, 3.05) is 24.1 Å². The van der Waals surface area contributed by atoms with Crippen LogP contribution >= 0.6 is 0 Å². The van der Waals surface area contributed by atoms with Crippen molar-refractivity contribution in [3.8, 4) is 22.5 Å². The summed E-state index contributed by atoms with van der Waals surface area (Å²) in [6.45, 7) is 2.03. The van der Waals surface area contributed by atoms with Crippen molar-refractivity contribution in [1.29, 1.82) is 0 Å². The highest BCUT2D eigenvalue weighted by Gasteiger charge is 2.21. The number of carbonyl (C=O) groups is 1. The van der Waals surface area contributed by atoms with Crippen molar-refractivity contribution >= 4 is 28.4 Å². The molecule has 6 rings (SSSR count). The highest BCUT2D eigenvalue weighted by Crippen LogP contribution is 2.38. The van der Waals surface area contributed by atoms with Gasteiger partial charge in [-0.25, -0.2) is 4.98 Å². The monoisotopic (exact) mass is 414 g/mol. The molecule has 5 heterocycles. The Morgan fingerprint density at radius 3 is 2.87 bits per heavy atom. The number of nitrogen functional groups attached to an aromatic ring is 1. The molecular weight excluding hydrogens is 392 g/mol. The molecule has 2 aliphatic heterocycles. The van der Waals surface area contributed by atoms with Crippen LogP contribution in [0, 0.1) is 0 Å². The van der Waals surface area contributed by atoms with E-state index in [2.05, 4.69) is 31.6 Å². The van der Waals surface area contributed by atoms with Crippen molar-refractivity contribution in [1.82, 2.24) is 20.1 Å². The highest BCUT2D eigenvalue weighted by molar-refractivity contribution is 6.02. The van der Waals surface area contributed by atoms with Crippen LogP contribution in [0.2, 0.25) is 0 Å². The number of furan rings is 1. The van der Waals surface area contributed by atoms with E-state index in [-0.39, 0.29) is 5.91 Å². The molecule has 4 aromatic rings. The lowest BCUT2D eigenvalue weighted by atomic mass is 10.0. The third-order valence-electron chi connectivity index (χ3n) is 6.20. The summed E-state index contributed by atoms with van der Waals surface area (Å²) in [4.78, 5) is 16.0. The quantitative estimate of drug-likeness (QED) is 0.474. The maximum absolute atomic E-state index is 11.7. The van der Waals surface area contributed by atoms with Crippen LogP contribution in [0.3, 0.4) is 0 Å². The Balaban J connectivity index is 1.41. The van der Waals surface area contributed by atoms with Crippen molar-refractivity contribution in [2.45, 2.75) is 25.3 Å². The lowest BCUT2D eigenvalue weighted by Crippen LogP contribution is -2.29. The molecule has 0 unspecified atom stereocenters. The number of hydrogen-bond donors (Lipinski definition) is 3. The zero-order valence-electron chi connectivity index (χ0n) is 16.9. The molecule has 0 bridgehead atoms. The first kappa shape index (κ1) is 18.1. The Labute approximate surface area is 178 Å². The summed E-state index contributed by atoms with van der Waals surface area (Å²) in [7, 11) is 0. The molecule has 1 fully saturated rings. The van der Waals surface area contributed by atoms with Gasteiger partial charge in [0.25, 0.3) is 0 Å². The Kier molecular flexibility index (Phi) is 4.07. The van der Waals surface area contributed by atoms with Crippen LogP contribution in [-0.2, 0) is 11.2 Å². The molecule has 156 valence electrons. The lowest BCUT2D eigenvalue weighted by molar-refractivity contribution is -0.115. The van der Waals surface area contributed by atoms with Gasteiger partial charge in [0.15, 0.2) is 11.4 Å². The van der Waals surface area contributed by atoms with E-state index in [0.29, 0.717) is 29.6 Å². The van der Waals surface area contributed by atoms with Gasteiger partial charge >= 0.3 is 0 Å². The van der Waals surface area contributed by atoms with Crippen LogP contribution in [0.4, 0.5) is 11.5 Å². The third-order valence-corrected chi connectivity index (χ3v) is 6.20. The van der Waals surface area contributed by atoms with Crippen LogP contribution in [0.1, 0.15) is 24.4 Å². The van der Waals surface area contributed by atoms with Crippen molar-refractivity contribution in [3.05, 3.63) is 48.4 Å². The summed E-state index contributed by atoms with van der Waals surface area (Å²) in [5.41, 5.74) is 11.3. The Hall–Kier alpha value is -3.65. The molecule has 1 saturated heterocycles. The van der Waals surface area contributed by atoms with Gasteiger partial charge in [-0.2, -0.15) is 5.10 Å². The number of rotatable bonds is 3. The number of piperidine rings is 1. The minimum Gasteiger partial charge on any atom is -0.452 e. The van der Waals surface area contributed by atoms with Crippen LogP contribution in [0.25, 0.3) is 33.4 Å². The standard InChI is InChI=1S/C23H22N6O2/c24-23-22-17(9-20(31-22)14-2-1-13-8-21(30)28-19(13)7-14)18(11-26-23)15-10-27-29(12-15)16-3-5-25-6-4-16/h1-2,7,9-12,16,25H,3-6,8H2,(H2,24,26)(H,28,30). The predicted octanol–water partition coefficient (Wildman–Crippen LogP) is 3.36. The van der Waals surface area contributed by atoms with Gasteiger partial charge in [0.2, 0.25) is 5.91 Å². The molecule has 0 saturated carbocycles. The number of carbonyl (C=O) groups excluding carboxylic acids is 1. The van der Waals surface area contributed by atoms with Gasteiger partial charge in [-0.05, 0) is 43.6 Å². The Bertz CT molecular complexity index is 1320. The second-order valence-electron chi connectivity index (χ2n) is 8.20. The molecule has 8 nitrogen and oxygen atoms in total. The van der Waals surface area contributed by atoms with E-state index >= 15 is 0 Å². The molecule has 8 heteroatoms. The van der Waals surface area contributed by atoms with Gasteiger partial charge in [-0.15, -0.1) is 0 Å². The van der Waals surface area contributed by atoms with Crippen molar-refractivity contribution in [2.24, 2.45) is 0 Å². The molecule has 1 aromatic carbocycles. The summed E-state index contributed by atoms with van der Waals surface area (Å²) in [5.74, 6) is 1.05. The molecule has 0 atom stereocenters. The maximum atomic E-state index is 11.7. The number of anilines is 2. The molecule has 3 aromatic heterocycles. The first-order valence-electron chi connectivity index (χ1n) is 10.5. The lowest BCUT2D eigenvalue weighted by Gasteiger charge is -2.22. The average molecular weight is 414 g/mol. The molecule has 2 aliphatic rings. The minimum absolute atomic E-state index is 0.0123. The number of fused-ring (bicyclic) bond motifs is 2. The average Bonchev–Trinajstić information content (AvgIpc) is 3.52. The van der Waals surface area contributed by atoms with E-state index in [0.717, 1.165) is 59.3 Å². The van der Waals surface area contributed by atoms with Gasteiger partial charge in [0.1, 0.15) is 5.76 Å². The largest absolute Gasteiger partial charge is 0.452 e. The number of benzene rings is 1. The smallest absolute Gasteiger partial charge is 0.228 e. The molecule has 0 radical (unpaired) electrons. The number of nitrogens with one attached hydrogen (secondary N) is 2. The van der Waals surface area contributed by atoms with Crippen LogP contribution in [-0.4, -0.2) is 33.8 Å². The fourth-order valence-corrected chi connectivity index (χ4v) is 4.53. The summed E-state index contributed by atoms with van der Waals surface area (Å²) < 4.78 is 8.18. The summed E-state index contributed by atoms with van der Waals surface area (Å²) in [6, 6.07) is 8.27. The van der Waals surface area contributed by atoms with Crippen molar-refractivity contribution in [3.63, 3.8) is 0 Å². The van der Waals surface area contributed by atoms with Gasteiger partial charge in [0, 0.05) is 40.2 Å². The number of hydrogen-bond acceptors (Lipinski definition) is 6. The Morgan fingerprint density at radius 1 is 1.13 bits per heavy atom. The van der Waals surface area contributed by atoms with Gasteiger partial charge < -0.3 is 20.8 Å². The molecule has 31 heavy (non-hydrogen) atoms.